The molecular formula is C21H25ClN2O3S. The third-order valence-electron chi connectivity index (χ3n) is 5.11. The zero-order valence-electron chi connectivity index (χ0n) is 15.8. The molecule has 0 unspecified atom stereocenters. The molecule has 3 rings (SSSR count). The summed E-state index contributed by atoms with van der Waals surface area (Å²) in [4.78, 5) is 12.6. The van der Waals surface area contributed by atoms with Crippen LogP contribution in [0.25, 0.3) is 0 Å². The van der Waals surface area contributed by atoms with Gasteiger partial charge in [-0.2, -0.15) is 0 Å². The molecule has 1 aliphatic heterocycles. The van der Waals surface area contributed by atoms with E-state index in [1.165, 1.54) is 4.31 Å². The summed E-state index contributed by atoms with van der Waals surface area (Å²) >= 11 is 5.95. The Hall–Kier alpha value is -1.89. The molecule has 1 heterocycles. The zero-order chi connectivity index (χ0) is 20.1. The lowest BCUT2D eigenvalue weighted by molar-refractivity contribution is -0.126. The number of halogens is 1. The number of carbonyl (C=O) groups is 1. The van der Waals surface area contributed by atoms with Gasteiger partial charge in [0.2, 0.25) is 15.9 Å². The van der Waals surface area contributed by atoms with Crippen LogP contribution in [0.1, 0.15) is 36.9 Å². The Morgan fingerprint density at radius 1 is 1.14 bits per heavy atom. The van der Waals surface area contributed by atoms with Crippen molar-refractivity contribution in [3.05, 3.63) is 70.7 Å². The molecule has 0 bridgehead atoms. The van der Waals surface area contributed by atoms with Crippen LogP contribution in [0.4, 0.5) is 0 Å². The fourth-order valence-electron chi connectivity index (χ4n) is 3.48. The van der Waals surface area contributed by atoms with E-state index in [1.54, 1.807) is 24.3 Å². The average molecular weight is 421 g/mol. The lowest BCUT2D eigenvalue weighted by atomic mass is 9.96. The van der Waals surface area contributed by atoms with Gasteiger partial charge in [-0.3, -0.25) is 4.79 Å². The van der Waals surface area contributed by atoms with Crippen LogP contribution in [-0.2, 0) is 20.6 Å². The molecule has 1 fully saturated rings. The number of carbonyl (C=O) groups excluding carboxylic acids is 1. The van der Waals surface area contributed by atoms with Gasteiger partial charge in [0.1, 0.15) is 0 Å². The standard InChI is InChI=1S/C21H25ClN2O3S/c1-16(18-7-3-2-4-8-18)23-21(25)19-10-12-24(13-11-19)28(26,27)15-17-6-5-9-20(22)14-17/h2-9,14,16,19H,10-13,15H2,1H3,(H,23,25)/t16-/m1/s1. The molecule has 2 aromatic rings. The summed E-state index contributed by atoms with van der Waals surface area (Å²) in [5.74, 6) is -0.248. The highest BCUT2D eigenvalue weighted by Crippen LogP contribution is 2.23. The predicted octanol–water partition coefficient (Wildman–Crippen LogP) is 3.76. The zero-order valence-corrected chi connectivity index (χ0v) is 17.4. The van der Waals surface area contributed by atoms with Gasteiger partial charge in [-0.25, -0.2) is 12.7 Å². The summed E-state index contributed by atoms with van der Waals surface area (Å²) in [6.07, 6.45) is 1.06. The number of sulfonamides is 1. The van der Waals surface area contributed by atoms with Crippen molar-refractivity contribution in [3.8, 4) is 0 Å². The molecule has 28 heavy (non-hydrogen) atoms. The quantitative estimate of drug-likeness (QED) is 0.773. The molecule has 1 saturated heterocycles. The van der Waals surface area contributed by atoms with Gasteiger partial charge in [0.15, 0.2) is 0 Å². The summed E-state index contributed by atoms with van der Waals surface area (Å²) < 4.78 is 26.9. The maximum absolute atomic E-state index is 12.7. The molecule has 1 N–H and O–H groups in total. The molecule has 1 aliphatic rings. The van der Waals surface area contributed by atoms with Crippen molar-refractivity contribution in [3.63, 3.8) is 0 Å². The Kier molecular flexibility index (Phi) is 6.75. The SMILES string of the molecule is C[C@@H](NC(=O)C1CCN(S(=O)(=O)Cc2cccc(Cl)c2)CC1)c1ccccc1. The summed E-state index contributed by atoms with van der Waals surface area (Å²) in [5.41, 5.74) is 1.72. The van der Waals surface area contributed by atoms with Crippen LogP contribution < -0.4 is 5.32 Å². The highest BCUT2D eigenvalue weighted by Gasteiger charge is 2.31. The molecule has 150 valence electrons. The van der Waals surface area contributed by atoms with Crippen molar-refractivity contribution in [2.24, 2.45) is 5.92 Å². The number of piperidine rings is 1. The normalized spacial score (nSPS) is 17.2. The maximum atomic E-state index is 12.7. The van der Waals surface area contributed by atoms with Crippen LogP contribution >= 0.6 is 11.6 Å². The highest BCUT2D eigenvalue weighted by atomic mass is 35.5. The second-order valence-electron chi connectivity index (χ2n) is 7.20. The Morgan fingerprint density at radius 3 is 2.46 bits per heavy atom. The Labute approximate surface area is 171 Å². The van der Waals surface area contributed by atoms with E-state index in [0.29, 0.717) is 36.5 Å². The van der Waals surface area contributed by atoms with Gasteiger partial charge in [0.25, 0.3) is 0 Å². The van der Waals surface area contributed by atoms with Crippen LogP contribution in [0, 0.1) is 5.92 Å². The van der Waals surface area contributed by atoms with Crippen LogP contribution in [0.5, 0.6) is 0 Å². The minimum atomic E-state index is -3.43. The van der Waals surface area contributed by atoms with E-state index in [1.807, 2.05) is 37.3 Å². The number of nitrogens with one attached hydrogen (secondary N) is 1. The third-order valence-corrected chi connectivity index (χ3v) is 7.20. The molecule has 0 aliphatic carbocycles. The molecule has 1 atom stereocenters. The number of hydrogen-bond donors (Lipinski definition) is 1. The van der Waals surface area contributed by atoms with Gasteiger partial charge in [-0.05, 0) is 43.0 Å². The number of benzene rings is 2. The largest absolute Gasteiger partial charge is 0.349 e. The first-order valence-electron chi connectivity index (χ1n) is 9.43. The molecule has 0 spiro atoms. The Bertz CT molecular complexity index is 910. The van der Waals surface area contributed by atoms with Crippen molar-refractivity contribution in [1.29, 1.82) is 0 Å². The second-order valence-corrected chi connectivity index (χ2v) is 9.61. The first-order valence-corrected chi connectivity index (χ1v) is 11.4. The van der Waals surface area contributed by atoms with Gasteiger partial charge in [-0.1, -0.05) is 54.1 Å². The van der Waals surface area contributed by atoms with Gasteiger partial charge >= 0.3 is 0 Å². The molecule has 5 nitrogen and oxygen atoms in total. The third kappa shape index (κ3) is 5.34. The topological polar surface area (TPSA) is 66.5 Å². The monoisotopic (exact) mass is 420 g/mol. The lowest BCUT2D eigenvalue weighted by Crippen LogP contribution is -2.43. The van der Waals surface area contributed by atoms with Crippen LogP contribution in [-0.4, -0.2) is 31.7 Å². The molecule has 7 heteroatoms. The van der Waals surface area contributed by atoms with Gasteiger partial charge < -0.3 is 5.32 Å². The van der Waals surface area contributed by atoms with E-state index in [2.05, 4.69) is 5.32 Å². The van der Waals surface area contributed by atoms with E-state index in [9.17, 15) is 13.2 Å². The summed E-state index contributed by atoms with van der Waals surface area (Å²) in [7, 11) is -3.43. The van der Waals surface area contributed by atoms with Gasteiger partial charge in [0.05, 0.1) is 11.8 Å². The Morgan fingerprint density at radius 2 is 1.82 bits per heavy atom. The molecular weight excluding hydrogens is 396 g/mol. The predicted molar refractivity (Wildman–Crippen MR) is 111 cm³/mol. The molecule has 0 aromatic heterocycles. The maximum Gasteiger partial charge on any atom is 0.223 e. The minimum Gasteiger partial charge on any atom is -0.349 e. The number of amides is 1. The second kappa shape index (κ2) is 9.07. The first kappa shape index (κ1) is 20.8. The van der Waals surface area contributed by atoms with E-state index in [0.717, 1.165) is 5.56 Å². The lowest BCUT2D eigenvalue weighted by Gasteiger charge is -2.31. The van der Waals surface area contributed by atoms with Crippen molar-refractivity contribution in [2.75, 3.05) is 13.1 Å². The fraction of sp³-hybridized carbons (Fsp3) is 0.381. The van der Waals surface area contributed by atoms with Crippen molar-refractivity contribution >= 4 is 27.5 Å². The fourth-order valence-corrected chi connectivity index (χ4v) is 5.24. The van der Waals surface area contributed by atoms with Gasteiger partial charge in [-0.15, -0.1) is 0 Å². The number of rotatable bonds is 6. The first-order chi connectivity index (χ1) is 13.3. The summed E-state index contributed by atoms with van der Waals surface area (Å²) in [6.45, 7) is 2.68. The average Bonchev–Trinajstić information content (AvgIpc) is 2.68. The number of nitrogens with zero attached hydrogens (tertiary/aromatic N) is 1. The van der Waals surface area contributed by atoms with Crippen LogP contribution in [0.2, 0.25) is 5.02 Å². The molecule has 2 aromatic carbocycles. The van der Waals surface area contributed by atoms with Gasteiger partial charge in [0, 0.05) is 24.0 Å². The summed E-state index contributed by atoms with van der Waals surface area (Å²) in [6, 6.07) is 16.6. The smallest absolute Gasteiger partial charge is 0.223 e. The van der Waals surface area contributed by atoms with Crippen LogP contribution in [0.15, 0.2) is 54.6 Å². The van der Waals surface area contributed by atoms with E-state index in [-0.39, 0.29) is 23.6 Å². The molecule has 1 amide bonds. The number of hydrogen-bond acceptors (Lipinski definition) is 3. The van der Waals surface area contributed by atoms with Crippen LogP contribution in [0.3, 0.4) is 0 Å². The highest BCUT2D eigenvalue weighted by molar-refractivity contribution is 7.88. The van der Waals surface area contributed by atoms with E-state index in [4.69, 9.17) is 11.6 Å². The van der Waals surface area contributed by atoms with Crippen molar-refractivity contribution < 1.29 is 13.2 Å². The van der Waals surface area contributed by atoms with Crippen molar-refractivity contribution in [2.45, 2.75) is 31.6 Å². The van der Waals surface area contributed by atoms with Crippen molar-refractivity contribution in [1.82, 2.24) is 9.62 Å². The minimum absolute atomic E-state index is 0.0109. The molecule has 0 saturated carbocycles. The van der Waals surface area contributed by atoms with E-state index >= 15 is 0 Å². The Balaban J connectivity index is 1.54. The van der Waals surface area contributed by atoms with E-state index < -0.39 is 10.0 Å². The molecule has 0 radical (unpaired) electrons. The summed E-state index contributed by atoms with van der Waals surface area (Å²) in [5, 5.41) is 3.57.